The van der Waals surface area contributed by atoms with Gasteiger partial charge in [0.2, 0.25) is 0 Å². The smallest absolute Gasteiger partial charge is 0.384 e. The van der Waals surface area contributed by atoms with Crippen LogP contribution in [0.3, 0.4) is 0 Å². The maximum Gasteiger partial charge on any atom is 0.472 e. The van der Waals surface area contributed by atoms with E-state index < -0.39 is 51.9 Å². The average Bonchev–Trinajstić information content (AvgIpc) is 2.79. The van der Waals surface area contributed by atoms with Crippen molar-refractivity contribution in [2.75, 3.05) is 20.4 Å². The molecule has 1 saturated heterocycles. The first kappa shape index (κ1) is 21.9. The Morgan fingerprint density at radius 1 is 1.60 bits per heavy atom. The number of amidine groups is 1. The highest BCUT2D eigenvalue weighted by Gasteiger charge is 2.53. The molecule has 1 aliphatic rings. The molecule has 0 bridgehead atoms. The third-order valence-corrected chi connectivity index (χ3v) is 4.27. The van der Waals surface area contributed by atoms with Gasteiger partial charge in [0, 0.05) is 19.7 Å². The molecule has 4 N–H and O–H groups in total. The predicted molar refractivity (Wildman–Crippen MR) is 85.8 cm³/mol. The van der Waals surface area contributed by atoms with E-state index in [-0.39, 0.29) is 5.84 Å². The standard InChI is InChI=1S/C13H24F2N3O6P/c1-9(2)24-25(20,21)22-7-10-6-13(14,15)12(23-10)18(8-19)5-4-11(16)17-3/h4-5,9-10,12,19H,6-8H2,1-3H3,(H2,16,17)(H,20,21)/b5-4-. The van der Waals surface area contributed by atoms with Gasteiger partial charge in [-0.15, -0.1) is 0 Å². The molecule has 0 aromatic heterocycles. The number of aliphatic imine (C=N–C) groups is 1. The van der Waals surface area contributed by atoms with Crippen molar-refractivity contribution < 1.29 is 37.1 Å². The lowest BCUT2D eigenvalue weighted by atomic mass is 10.2. The molecule has 146 valence electrons. The Morgan fingerprint density at radius 3 is 2.76 bits per heavy atom. The van der Waals surface area contributed by atoms with Gasteiger partial charge in [0.15, 0.2) is 6.23 Å². The van der Waals surface area contributed by atoms with Gasteiger partial charge in [0.1, 0.15) is 12.6 Å². The molecule has 0 spiro atoms. The van der Waals surface area contributed by atoms with Gasteiger partial charge in [-0.1, -0.05) is 0 Å². The lowest BCUT2D eigenvalue weighted by Crippen LogP contribution is -2.43. The van der Waals surface area contributed by atoms with Crippen LogP contribution in [0.1, 0.15) is 20.3 Å². The van der Waals surface area contributed by atoms with Crippen molar-refractivity contribution in [2.45, 2.75) is 44.6 Å². The van der Waals surface area contributed by atoms with Crippen molar-refractivity contribution in [1.82, 2.24) is 4.90 Å². The van der Waals surface area contributed by atoms with E-state index >= 15 is 0 Å². The molecule has 0 aromatic carbocycles. The third kappa shape index (κ3) is 6.96. The van der Waals surface area contributed by atoms with Crippen LogP contribution in [0.5, 0.6) is 0 Å². The molecule has 1 heterocycles. The summed E-state index contributed by atoms with van der Waals surface area (Å²) in [5, 5.41) is 9.29. The number of hydrogen-bond acceptors (Lipinski definition) is 7. The van der Waals surface area contributed by atoms with E-state index in [1.165, 1.54) is 27.0 Å². The van der Waals surface area contributed by atoms with Gasteiger partial charge < -0.3 is 25.4 Å². The highest BCUT2D eigenvalue weighted by Crippen LogP contribution is 2.46. The monoisotopic (exact) mass is 387 g/mol. The third-order valence-electron chi connectivity index (χ3n) is 3.11. The second kappa shape index (κ2) is 9.02. The SMILES string of the molecule is CN=C(N)/C=C\N(CO)C1OC(COP(=O)(O)OC(C)C)CC1(F)F. The molecule has 0 radical (unpaired) electrons. The Balaban J connectivity index is 2.72. The summed E-state index contributed by atoms with van der Waals surface area (Å²) in [7, 11) is -2.94. The Morgan fingerprint density at radius 2 is 2.24 bits per heavy atom. The molecule has 0 saturated carbocycles. The summed E-state index contributed by atoms with van der Waals surface area (Å²) in [5.41, 5.74) is 5.44. The summed E-state index contributed by atoms with van der Waals surface area (Å²) in [6.45, 7) is 1.74. The minimum Gasteiger partial charge on any atom is -0.384 e. The highest BCUT2D eigenvalue weighted by molar-refractivity contribution is 7.47. The Bertz CT molecular complexity index is 546. The zero-order valence-electron chi connectivity index (χ0n) is 14.2. The number of nitrogens with two attached hydrogens (primary N) is 1. The van der Waals surface area contributed by atoms with Crippen molar-refractivity contribution >= 4 is 13.7 Å². The van der Waals surface area contributed by atoms with Crippen LogP contribution in [-0.4, -0.2) is 65.5 Å². The van der Waals surface area contributed by atoms with Crippen LogP contribution >= 0.6 is 7.82 Å². The van der Waals surface area contributed by atoms with Crippen LogP contribution in [0, 0.1) is 0 Å². The summed E-state index contributed by atoms with van der Waals surface area (Å²) in [5.74, 6) is -3.25. The number of hydrogen-bond donors (Lipinski definition) is 3. The first-order valence-corrected chi connectivity index (χ1v) is 8.96. The summed E-state index contributed by atoms with van der Waals surface area (Å²) >= 11 is 0. The fourth-order valence-electron chi connectivity index (χ4n) is 2.07. The van der Waals surface area contributed by atoms with Gasteiger partial charge in [0.25, 0.3) is 5.92 Å². The molecule has 0 amide bonds. The van der Waals surface area contributed by atoms with E-state index in [9.17, 15) is 23.3 Å². The van der Waals surface area contributed by atoms with Crippen LogP contribution in [0.2, 0.25) is 0 Å². The molecular formula is C13H24F2N3O6P. The first-order chi connectivity index (χ1) is 11.5. The van der Waals surface area contributed by atoms with Gasteiger partial charge in [-0.3, -0.25) is 14.0 Å². The molecule has 3 atom stereocenters. The van der Waals surface area contributed by atoms with Crippen molar-refractivity contribution in [2.24, 2.45) is 10.7 Å². The first-order valence-electron chi connectivity index (χ1n) is 7.47. The number of halogens is 2. The molecule has 12 heteroatoms. The Kier molecular flexibility index (Phi) is 7.91. The quantitative estimate of drug-likeness (QED) is 0.232. The zero-order valence-corrected chi connectivity index (χ0v) is 15.1. The number of rotatable bonds is 9. The summed E-state index contributed by atoms with van der Waals surface area (Å²) in [6, 6.07) is 0. The molecule has 1 rings (SSSR count). The van der Waals surface area contributed by atoms with Gasteiger partial charge in [-0.05, 0) is 19.9 Å². The van der Waals surface area contributed by atoms with Gasteiger partial charge in [0.05, 0.1) is 18.8 Å². The van der Waals surface area contributed by atoms with Crippen LogP contribution in [0.15, 0.2) is 17.3 Å². The van der Waals surface area contributed by atoms with Crippen molar-refractivity contribution in [3.05, 3.63) is 12.3 Å². The lowest BCUT2D eigenvalue weighted by Gasteiger charge is -2.28. The van der Waals surface area contributed by atoms with Gasteiger partial charge in [-0.2, -0.15) is 0 Å². The second-order valence-electron chi connectivity index (χ2n) is 5.61. The normalized spacial score (nSPS) is 26.3. The minimum atomic E-state index is -4.36. The van der Waals surface area contributed by atoms with Crippen molar-refractivity contribution in [3.8, 4) is 0 Å². The fraction of sp³-hybridized carbons (Fsp3) is 0.769. The average molecular weight is 387 g/mol. The molecule has 0 aliphatic carbocycles. The van der Waals surface area contributed by atoms with Crippen LogP contribution in [-0.2, 0) is 18.3 Å². The molecular weight excluding hydrogens is 363 g/mol. The number of phosphoric acid groups is 1. The number of aliphatic hydroxyl groups excluding tert-OH is 1. The van der Waals surface area contributed by atoms with E-state index in [1.807, 2.05) is 0 Å². The summed E-state index contributed by atoms with van der Waals surface area (Å²) < 4.78 is 54.4. The molecule has 1 fully saturated rings. The number of aliphatic hydroxyl groups is 1. The minimum absolute atomic E-state index is 0.0756. The van der Waals surface area contributed by atoms with Crippen LogP contribution in [0.4, 0.5) is 8.78 Å². The molecule has 3 unspecified atom stereocenters. The summed E-state index contributed by atoms with van der Waals surface area (Å²) in [6.07, 6.45) is -1.90. The van der Waals surface area contributed by atoms with Crippen LogP contribution < -0.4 is 5.73 Å². The predicted octanol–water partition coefficient (Wildman–Crippen LogP) is 1.03. The Labute approximate surface area is 144 Å². The van der Waals surface area contributed by atoms with E-state index in [2.05, 4.69) is 14.0 Å². The van der Waals surface area contributed by atoms with E-state index in [1.54, 1.807) is 0 Å². The van der Waals surface area contributed by atoms with Crippen LogP contribution in [0.25, 0.3) is 0 Å². The number of alkyl halides is 2. The maximum atomic E-state index is 14.1. The largest absolute Gasteiger partial charge is 0.472 e. The Hall–Kier alpha value is -1.10. The molecule has 1 aliphatic heterocycles. The second-order valence-corrected chi connectivity index (χ2v) is 7.02. The van der Waals surface area contributed by atoms with E-state index in [4.69, 9.17) is 10.5 Å². The van der Waals surface area contributed by atoms with E-state index in [0.717, 1.165) is 11.1 Å². The highest BCUT2D eigenvalue weighted by atomic mass is 31.2. The van der Waals surface area contributed by atoms with Crippen molar-refractivity contribution in [1.29, 1.82) is 0 Å². The topological polar surface area (TPSA) is 127 Å². The molecule has 25 heavy (non-hydrogen) atoms. The zero-order chi connectivity index (χ0) is 19.3. The molecule has 0 aromatic rings. The van der Waals surface area contributed by atoms with Gasteiger partial charge >= 0.3 is 7.82 Å². The maximum absolute atomic E-state index is 14.1. The number of phosphoric ester groups is 1. The van der Waals surface area contributed by atoms with Gasteiger partial charge in [-0.25, -0.2) is 13.3 Å². The number of ether oxygens (including phenoxy) is 1. The number of nitrogens with zero attached hydrogens (tertiary/aromatic N) is 2. The summed E-state index contributed by atoms with van der Waals surface area (Å²) in [4.78, 5) is 13.9. The fourth-order valence-corrected chi connectivity index (χ4v) is 3.02. The van der Waals surface area contributed by atoms with E-state index in [0.29, 0.717) is 0 Å². The van der Waals surface area contributed by atoms with Crippen molar-refractivity contribution in [3.63, 3.8) is 0 Å². The lowest BCUT2D eigenvalue weighted by molar-refractivity contribution is -0.155. The molecule has 9 nitrogen and oxygen atoms in total.